The first kappa shape index (κ1) is 18.9. The molecule has 1 aliphatic rings. The maximum Gasteiger partial charge on any atom is 0.231 e. The number of carbonyl (C=O) groups is 1. The number of nitrogens with two attached hydrogens (primary N) is 2. The zero-order valence-corrected chi connectivity index (χ0v) is 13.9. The Hall–Kier alpha value is -1.15. The van der Waals surface area contributed by atoms with Crippen LogP contribution < -0.4 is 16.2 Å². The summed E-state index contributed by atoms with van der Waals surface area (Å²) in [4.78, 5) is 12.4. The van der Waals surface area contributed by atoms with Crippen LogP contribution in [0.25, 0.3) is 0 Å². The normalized spacial score (nSPS) is 16.8. The van der Waals surface area contributed by atoms with Crippen LogP contribution in [0, 0.1) is 5.41 Å². The summed E-state index contributed by atoms with van der Waals surface area (Å²) in [6, 6.07) is 6.64. The number of nitrogens with one attached hydrogen (secondary N) is 1. The van der Waals surface area contributed by atoms with Crippen molar-refractivity contribution in [2.45, 2.75) is 31.4 Å². The van der Waals surface area contributed by atoms with E-state index in [2.05, 4.69) is 5.32 Å². The number of rotatable bonds is 5. The highest BCUT2D eigenvalue weighted by Crippen LogP contribution is 2.38. The Morgan fingerprint density at radius 1 is 1.18 bits per heavy atom. The second-order valence-corrected chi connectivity index (χ2v) is 7.26. The van der Waals surface area contributed by atoms with Gasteiger partial charge in [0.25, 0.3) is 0 Å². The minimum atomic E-state index is -3.54. The van der Waals surface area contributed by atoms with Gasteiger partial charge in [0, 0.05) is 12.2 Å². The van der Waals surface area contributed by atoms with Gasteiger partial charge in [0.15, 0.2) is 0 Å². The third-order valence-electron chi connectivity index (χ3n) is 4.01. The molecule has 0 spiro atoms. The van der Waals surface area contributed by atoms with Gasteiger partial charge in [-0.15, -0.1) is 12.4 Å². The van der Waals surface area contributed by atoms with E-state index in [4.69, 9.17) is 10.9 Å². The van der Waals surface area contributed by atoms with Gasteiger partial charge in [-0.05, 0) is 30.5 Å². The lowest BCUT2D eigenvalue weighted by molar-refractivity contribution is -0.124. The van der Waals surface area contributed by atoms with Gasteiger partial charge < -0.3 is 11.1 Å². The predicted octanol–water partition coefficient (Wildman–Crippen LogP) is 1.35. The van der Waals surface area contributed by atoms with Crippen LogP contribution in [-0.4, -0.2) is 20.9 Å². The zero-order valence-electron chi connectivity index (χ0n) is 12.2. The second kappa shape index (κ2) is 7.41. The highest BCUT2D eigenvalue weighted by Gasteiger charge is 2.39. The third kappa shape index (κ3) is 4.67. The fourth-order valence-electron chi connectivity index (χ4n) is 2.76. The first-order chi connectivity index (χ1) is 9.85. The smallest absolute Gasteiger partial charge is 0.231 e. The lowest BCUT2D eigenvalue weighted by atomic mass is 9.85. The molecule has 8 heteroatoms. The molecule has 0 saturated heterocycles. The Morgan fingerprint density at radius 2 is 1.73 bits per heavy atom. The van der Waals surface area contributed by atoms with Crippen molar-refractivity contribution < 1.29 is 13.2 Å². The fourth-order valence-corrected chi connectivity index (χ4v) is 3.41. The number of hydrogen-bond acceptors (Lipinski definition) is 4. The topological polar surface area (TPSA) is 115 Å². The van der Waals surface area contributed by atoms with Crippen molar-refractivity contribution in [3.63, 3.8) is 0 Å². The van der Waals surface area contributed by atoms with E-state index in [1.807, 2.05) is 0 Å². The number of halogens is 1. The van der Waals surface area contributed by atoms with Gasteiger partial charge in [-0.1, -0.05) is 25.0 Å². The van der Waals surface area contributed by atoms with Crippen molar-refractivity contribution in [3.8, 4) is 0 Å². The second-order valence-electron chi connectivity index (χ2n) is 5.65. The van der Waals surface area contributed by atoms with E-state index in [0.717, 1.165) is 25.7 Å². The molecule has 1 aliphatic carbocycles. The van der Waals surface area contributed by atoms with Crippen LogP contribution in [0.3, 0.4) is 0 Å². The summed E-state index contributed by atoms with van der Waals surface area (Å²) in [7, 11) is -3.54. The summed E-state index contributed by atoms with van der Waals surface area (Å²) in [6.45, 7) is 0.350. The van der Waals surface area contributed by atoms with E-state index >= 15 is 0 Å². The molecular formula is C14H22ClN3O3S. The number of benzene rings is 1. The summed E-state index contributed by atoms with van der Waals surface area (Å²) in [5.74, 6) is -0.268. The molecule has 124 valence electrons. The Kier molecular flexibility index (Phi) is 6.37. The molecular weight excluding hydrogens is 326 g/mol. The molecule has 0 heterocycles. The monoisotopic (exact) mass is 347 g/mol. The Balaban J connectivity index is 0.00000242. The van der Waals surface area contributed by atoms with Gasteiger partial charge in [-0.2, -0.15) is 0 Å². The Bertz CT molecular complexity index is 611. The molecule has 0 unspecified atom stereocenters. The maximum absolute atomic E-state index is 12.4. The molecule has 1 aromatic carbocycles. The average molecular weight is 348 g/mol. The molecule has 1 amide bonds. The van der Waals surface area contributed by atoms with E-state index in [1.165, 1.54) is 0 Å². The van der Waals surface area contributed by atoms with Gasteiger partial charge in [0.1, 0.15) is 0 Å². The molecule has 0 aliphatic heterocycles. The largest absolute Gasteiger partial charge is 0.329 e. The number of carbonyl (C=O) groups excluding carboxylic acids is 1. The molecule has 6 nitrogen and oxygen atoms in total. The van der Waals surface area contributed by atoms with E-state index in [9.17, 15) is 13.2 Å². The number of sulfonamides is 1. The fraction of sp³-hybridized carbons (Fsp3) is 0.500. The highest BCUT2D eigenvalue weighted by molar-refractivity contribution is 7.88. The molecule has 0 bridgehead atoms. The van der Waals surface area contributed by atoms with Crippen LogP contribution in [-0.2, 0) is 20.6 Å². The number of hydrogen-bond donors (Lipinski definition) is 3. The highest BCUT2D eigenvalue weighted by atomic mass is 35.5. The summed E-state index contributed by atoms with van der Waals surface area (Å²) in [5, 5.41) is 7.86. The lowest BCUT2D eigenvalue weighted by Gasteiger charge is -2.25. The summed E-state index contributed by atoms with van der Waals surface area (Å²) < 4.78 is 22.0. The van der Waals surface area contributed by atoms with Crippen molar-refractivity contribution in [2.75, 3.05) is 11.9 Å². The lowest BCUT2D eigenvalue weighted by Crippen LogP contribution is -2.40. The van der Waals surface area contributed by atoms with Gasteiger partial charge in [0.2, 0.25) is 15.9 Å². The minimum absolute atomic E-state index is 0. The van der Waals surface area contributed by atoms with E-state index in [-0.39, 0.29) is 24.1 Å². The van der Waals surface area contributed by atoms with Gasteiger partial charge in [0.05, 0.1) is 11.2 Å². The molecule has 0 radical (unpaired) electrons. The van der Waals surface area contributed by atoms with Crippen LogP contribution in [0.4, 0.5) is 5.69 Å². The summed E-state index contributed by atoms with van der Waals surface area (Å²) >= 11 is 0. The molecule has 5 N–H and O–H groups in total. The number of primary sulfonamides is 1. The summed E-state index contributed by atoms with van der Waals surface area (Å²) in [6.07, 6.45) is 3.69. The predicted molar refractivity (Wildman–Crippen MR) is 89.1 cm³/mol. The van der Waals surface area contributed by atoms with Crippen molar-refractivity contribution >= 4 is 34.0 Å². The van der Waals surface area contributed by atoms with Crippen LogP contribution in [0.15, 0.2) is 24.3 Å². The molecule has 1 fully saturated rings. The Morgan fingerprint density at radius 3 is 2.18 bits per heavy atom. The SMILES string of the molecule is Cl.NCC1(C(=O)Nc2ccc(CS(N)(=O)=O)cc2)CCCC1. The van der Waals surface area contributed by atoms with Crippen LogP contribution in [0.5, 0.6) is 0 Å². The van der Waals surface area contributed by atoms with Gasteiger partial charge >= 0.3 is 0 Å². The quantitative estimate of drug-likeness (QED) is 0.745. The van der Waals surface area contributed by atoms with Crippen LogP contribution in [0.2, 0.25) is 0 Å². The van der Waals surface area contributed by atoms with Gasteiger partial charge in [-0.25, -0.2) is 13.6 Å². The standard InChI is InChI=1S/C14H21N3O3S.ClH/c15-10-14(7-1-2-8-14)13(18)17-12-5-3-11(4-6-12)9-21(16,19)20;/h3-6H,1-2,7-10,15H2,(H,17,18)(H2,16,19,20);1H. The number of anilines is 1. The maximum atomic E-state index is 12.4. The van der Waals surface area contributed by atoms with Crippen molar-refractivity contribution in [2.24, 2.45) is 16.3 Å². The first-order valence-electron chi connectivity index (χ1n) is 6.96. The molecule has 1 saturated carbocycles. The number of amides is 1. The minimum Gasteiger partial charge on any atom is -0.329 e. The average Bonchev–Trinajstić information content (AvgIpc) is 2.89. The molecule has 22 heavy (non-hydrogen) atoms. The van der Waals surface area contributed by atoms with Crippen molar-refractivity contribution in [3.05, 3.63) is 29.8 Å². The van der Waals surface area contributed by atoms with Crippen molar-refractivity contribution in [1.29, 1.82) is 0 Å². The Labute approximate surface area is 137 Å². The molecule has 2 rings (SSSR count). The van der Waals surface area contributed by atoms with Crippen molar-refractivity contribution in [1.82, 2.24) is 0 Å². The van der Waals surface area contributed by atoms with E-state index < -0.39 is 15.4 Å². The first-order valence-corrected chi connectivity index (χ1v) is 8.67. The van der Waals surface area contributed by atoms with Crippen LogP contribution >= 0.6 is 12.4 Å². The van der Waals surface area contributed by atoms with Crippen LogP contribution in [0.1, 0.15) is 31.2 Å². The molecule has 1 aromatic rings. The van der Waals surface area contributed by atoms with E-state index in [0.29, 0.717) is 17.8 Å². The summed E-state index contributed by atoms with van der Waals surface area (Å²) in [5.41, 5.74) is 6.54. The van der Waals surface area contributed by atoms with E-state index in [1.54, 1.807) is 24.3 Å². The molecule has 0 atom stereocenters. The molecule has 0 aromatic heterocycles. The zero-order chi connectivity index (χ0) is 15.5. The van der Waals surface area contributed by atoms with Gasteiger partial charge in [-0.3, -0.25) is 4.79 Å². The third-order valence-corrected chi connectivity index (χ3v) is 4.75.